The maximum absolute atomic E-state index is 5.31. The summed E-state index contributed by atoms with van der Waals surface area (Å²) >= 11 is 3.24. The van der Waals surface area contributed by atoms with Crippen LogP contribution in [0.4, 0.5) is 0 Å². The van der Waals surface area contributed by atoms with Crippen LogP contribution < -0.4 is 9.47 Å². The molecule has 0 saturated carbocycles. The highest BCUT2D eigenvalue weighted by atomic mass is 79.9. The number of pyridine rings is 1. The molecule has 2 rings (SSSR count). The van der Waals surface area contributed by atoms with Crippen molar-refractivity contribution in [3.05, 3.63) is 16.9 Å². The molecule has 0 atom stereocenters. The third-order valence-electron chi connectivity index (χ3n) is 1.40. The van der Waals surface area contributed by atoms with E-state index in [9.17, 15) is 0 Å². The van der Waals surface area contributed by atoms with Gasteiger partial charge in [0, 0.05) is 6.07 Å². The summed E-state index contributed by atoms with van der Waals surface area (Å²) < 4.78 is 11.3. The molecule has 0 radical (unpaired) electrons. The van der Waals surface area contributed by atoms with E-state index in [2.05, 4.69) is 20.9 Å². The second kappa shape index (κ2) is 2.70. The van der Waals surface area contributed by atoms with E-state index < -0.39 is 0 Å². The first-order valence-electron chi connectivity index (χ1n) is 3.27. The van der Waals surface area contributed by atoms with Gasteiger partial charge in [0.1, 0.15) is 17.8 Å². The van der Waals surface area contributed by atoms with Crippen LogP contribution in [0.2, 0.25) is 0 Å². The Morgan fingerprint density at radius 1 is 1.27 bits per heavy atom. The van der Waals surface area contributed by atoms with Gasteiger partial charge in [-0.05, 0) is 15.9 Å². The molecule has 1 aliphatic heterocycles. The SMILES string of the molecule is Brc1cc2c(cn1)OCCO2. The summed E-state index contributed by atoms with van der Waals surface area (Å²) in [5, 5.41) is 0. The average molecular weight is 216 g/mol. The van der Waals surface area contributed by atoms with Crippen molar-refractivity contribution in [2.75, 3.05) is 13.2 Å². The normalized spacial score (nSPS) is 14.6. The topological polar surface area (TPSA) is 31.4 Å². The predicted octanol–water partition coefficient (Wildman–Crippen LogP) is 1.62. The van der Waals surface area contributed by atoms with E-state index in [1.54, 1.807) is 12.3 Å². The standard InChI is InChI=1S/C7H6BrNO2/c8-7-3-5-6(4-9-7)11-2-1-10-5/h3-4H,1-2H2. The monoisotopic (exact) mass is 215 g/mol. The molecule has 58 valence electrons. The first kappa shape index (κ1) is 6.91. The van der Waals surface area contributed by atoms with Crippen LogP contribution in [0.25, 0.3) is 0 Å². The van der Waals surface area contributed by atoms with Crippen LogP contribution in [0, 0.1) is 0 Å². The summed E-state index contributed by atoms with van der Waals surface area (Å²) in [5.74, 6) is 1.48. The lowest BCUT2D eigenvalue weighted by Crippen LogP contribution is -2.15. The highest BCUT2D eigenvalue weighted by molar-refractivity contribution is 9.10. The second-order valence-corrected chi connectivity index (χ2v) is 2.96. The Kier molecular flexibility index (Phi) is 1.69. The number of rotatable bonds is 0. The zero-order valence-electron chi connectivity index (χ0n) is 5.71. The Labute approximate surface area is 72.5 Å². The van der Waals surface area contributed by atoms with Gasteiger partial charge in [-0.1, -0.05) is 0 Å². The number of halogens is 1. The lowest BCUT2D eigenvalue weighted by molar-refractivity contribution is 0.170. The molecule has 0 saturated heterocycles. The van der Waals surface area contributed by atoms with Crippen LogP contribution in [0.15, 0.2) is 16.9 Å². The molecule has 0 N–H and O–H groups in total. The molecule has 1 aromatic rings. The molecule has 0 amide bonds. The Morgan fingerprint density at radius 3 is 2.82 bits per heavy atom. The Balaban J connectivity index is 2.43. The summed E-state index contributed by atoms with van der Waals surface area (Å²) in [5.41, 5.74) is 0. The maximum atomic E-state index is 5.31. The van der Waals surface area contributed by atoms with Crippen LogP contribution in [-0.4, -0.2) is 18.2 Å². The summed E-state index contributed by atoms with van der Waals surface area (Å²) in [4.78, 5) is 4.00. The molecule has 0 aliphatic carbocycles. The van der Waals surface area contributed by atoms with Gasteiger partial charge in [-0.3, -0.25) is 0 Å². The van der Waals surface area contributed by atoms with Crippen LogP contribution in [0.1, 0.15) is 0 Å². The van der Waals surface area contributed by atoms with Crippen molar-refractivity contribution >= 4 is 15.9 Å². The molecule has 4 heteroatoms. The lowest BCUT2D eigenvalue weighted by Gasteiger charge is -2.17. The fraction of sp³-hybridized carbons (Fsp3) is 0.286. The fourth-order valence-electron chi connectivity index (χ4n) is 0.925. The van der Waals surface area contributed by atoms with Gasteiger partial charge < -0.3 is 9.47 Å². The number of hydrogen-bond donors (Lipinski definition) is 0. The first-order chi connectivity index (χ1) is 5.36. The molecule has 0 spiro atoms. The summed E-state index contributed by atoms with van der Waals surface area (Å²) in [6.45, 7) is 1.22. The molecule has 3 nitrogen and oxygen atoms in total. The second-order valence-electron chi connectivity index (χ2n) is 2.15. The van der Waals surface area contributed by atoms with Gasteiger partial charge in [0.15, 0.2) is 11.5 Å². The Morgan fingerprint density at radius 2 is 2.00 bits per heavy atom. The van der Waals surface area contributed by atoms with Gasteiger partial charge in [0.05, 0.1) is 6.20 Å². The lowest BCUT2D eigenvalue weighted by atomic mass is 10.4. The van der Waals surface area contributed by atoms with E-state index in [0.29, 0.717) is 13.2 Å². The van der Waals surface area contributed by atoms with Gasteiger partial charge in [-0.25, -0.2) is 4.98 Å². The number of ether oxygens (including phenoxy) is 2. The van der Waals surface area contributed by atoms with E-state index in [0.717, 1.165) is 16.1 Å². The highest BCUT2D eigenvalue weighted by Crippen LogP contribution is 2.30. The maximum Gasteiger partial charge on any atom is 0.179 e. The zero-order valence-corrected chi connectivity index (χ0v) is 7.30. The summed E-state index contributed by atoms with van der Waals surface area (Å²) in [6, 6.07) is 1.80. The van der Waals surface area contributed by atoms with Crippen molar-refractivity contribution in [3.63, 3.8) is 0 Å². The Hall–Kier alpha value is -0.770. The van der Waals surface area contributed by atoms with E-state index in [4.69, 9.17) is 9.47 Å². The molecule has 1 aliphatic rings. The average Bonchev–Trinajstić information content (AvgIpc) is 2.04. The third kappa shape index (κ3) is 1.30. The van der Waals surface area contributed by atoms with Crippen molar-refractivity contribution in [2.24, 2.45) is 0 Å². The number of aromatic nitrogens is 1. The van der Waals surface area contributed by atoms with Crippen LogP contribution >= 0.6 is 15.9 Å². The van der Waals surface area contributed by atoms with Gasteiger partial charge >= 0.3 is 0 Å². The van der Waals surface area contributed by atoms with Crippen LogP contribution in [-0.2, 0) is 0 Å². The highest BCUT2D eigenvalue weighted by Gasteiger charge is 2.11. The van der Waals surface area contributed by atoms with E-state index in [1.807, 2.05) is 0 Å². The van der Waals surface area contributed by atoms with E-state index in [1.165, 1.54) is 0 Å². The minimum atomic E-state index is 0.607. The number of hydrogen-bond acceptors (Lipinski definition) is 3. The van der Waals surface area contributed by atoms with Gasteiger partial charge in [0.25, 0.3) is 0 Å². The minimum absolute atomic E-state index is 0.607. The molecule has 11 heavy (non-hydrogen) atoms. The van der Waals surface area contributed by atoms with Crippen molar-refractivity contribution in [1.29, 1.82) is 0 Å². The minimum Gasteiger partial charge on any atom is -0.486 e. The van der Waals surface area contributed by atoms with Crippen molar-refractivity contribution < 1.29 is 9.47 Å². The molecular formula is C7H6BrNO2. The Bertz CT molecular complexity index is 277. The van der Waals surface area contributed by atoms with E-state index >= 15 is 0 Å². The molecule has 0 aromatic carbocycles. The number of nitrogens with zero attached hydrogens (tertiary/aromatic N) is 1. The van der Waals surface area contributed by atoms with Crippen molar-refractivity contribution in [2.45, 2.75) is 0 Å². The van der Waals surface area contributed by atoms with Gasteiger partial charge in [-0.15, -0.1) is 0 Å². The van der Waals surface area contributed by atoms with Crippen LogP contribution in [0.5, 0.6) is 11.5 Å². The van der Waals surface area contributed by atoms with Gasteiger partial charge in [0.2, 0.25) is 0 Å². The summed E-state index contributed by atoms with van der Waals surface area (Å²) in [7, 11) is 0. The smallest absolute Gasteiger partial charge is 0.179 e. The summed E-state index contributed by atoms with van der Waals surface area (Å²) in [6.07, 6.45) is 1.65. The van der Waals surface area contributed by atoms with Crippen LogP contribution in [0.3, 0.4) is 0 Å². The molecule has 0 fully saturated rings. The molecule has 1 aromatic heterocycles. The zero-order chi connectivity index (χ0) is 7.68. The molecule has 2 heterocycles. The predicted molar refractivity (Wildman–Crippen MR) is 42.9 cm³/mol. The van der Waals surface area contributed by atoms with E-state index in [-0.39, 0.29) is 0 Å². The third-order valence-corrected chi connectivity index (χ3v) is 1.83. The molecular weight excluding hydrogens is 210 g/mol. The molecule has 0 unspecified atom stereocenters. The fourth-order valence-corrected chi connectivity index (χ4v) is 1.24. The largest absolute Gasteiger partial charge is 0.486 e. The van der Waals surface area contributed by atoms with Gasteiger partial charge in [-0.2, -0.15) is 0 Å². The van der Waals surface area contributed by atoms with Crippen molar-refractivity contribution in [3.8, 4) is 11.5 Å². The first-order valence-corrected chi connectivity index (χ1v) is 4.07. The van der Waals surface area contributed by atoms with Crippen molar-refractivity contribution in [1.82, 2.24) is 4.98 Å². The quantitative estimate of drug-likeness (QED) is 0.617. The molecule has 0 bridgehead atoms. The number of fused-ring (bicyclic) bond motifs is 1.